The molecule has 0 aliphatic carbocycles. The molecule has 5 heteroatoms. The second-order valence-corrected chi connectivity index (χ2v) is 4.58. The van der Waals surface area contributed by atoms with Crippen LogP contribution in [0.4, 0.5) is 15.8 Å². The molecule has 0 aliphatic heterocycles. The van der Waals surface area contributed by atoms with Gasteiger partial charge in [-0.25, -0.2) is 4.39 Å². The van der Waals surface area contributed by atoms with Crippen LogP contribution in [0, 0.1) is 11.2 Å². The Balaban J connectivity index is 2.26. The van der Waals surface area contributed by atoms with Gasteiger partial charge in [0.2, 0.25) is 0 Å². The maximum Gasteiger partial charge on any atom is 0.155 e. The molecule has 0 bridgehead atoms. The number of nitrogens with one attached hydrogen (secondary N) is 1. The summed E-state index contributed by atoms with van der Waals surface area (Å²) in [6, 6.07) is 10.9. The summed E-state index contributed by atoms with van der Waals surface area (Å²) < 4.78 is 18.8. The molecule has 0 atom stereocenters. The van der Waals surface area contributed by atoms with Gasteiger partial charge in [0, 0.05) is 36.2 Å². The maximum absolute atomic E-state index is 13.2. The highest BCUT2D eigenvalue weighted by molar-refractivity contribution is 5.92. The fraction of sp³-hybridized carbons (Fsp3) is 0.125. The van der Waals surface area contributed by atoms with Crippen LogP contribution in [-0.2, 0) is 0 Å². The molecule has 21 heavy (non-hydrogen) atoms. The Kier molecular flexibility index (Phi) is 4.66. The molecule has 0 heterocycles. The predicted molar refractivity (Wildman–Crippen MR) is 83.5 cm³/mol. The largest absolute Gasteiger partial charge is 0.455 e. The normalized spacial score (nSPS) is 10.8. The van der Waals surface area contributed by atoms with Crippen LogP contribution in [0.25, 0.3) is 0 Å². The van der Waals surface area contributed by atoms with Gasteiger partial charge in [0.05, 0.1) is 0 Å². The van der Waals surface area contributed by atoms with Crippen molar-refractivity contribution in [1.29, 1.82) is 5.41 Å². The Hall–Kier alpha value is -2.69. The van der Waals surface area contributed by atoms with Crippen LogP contribution in [0.15, 0.2) is 47.5 Å². The molecule has 2 aromatic rings. The molecule has 2 aromatic carbocycles. The lowest BCUT2D eigenvalue weighted by molar-refractivity contribution is 0.478. The molecule has 4 nitrogen and oxygen atoms in total. The Morgan fingerprint density at radius 3 is 2.86 bits per heavy atom. The molecule has 3 N–H and O–H groups in total. The summed E-state index contributed by atoms with van der Waals surface area (Å²) in [6.45, 7) is 1.71. The number of halogens is 1. The molecule has 2 rings (SSSR count). The van der Waals surface area contributed by atoms with E-state index in [-0.39, 0.29) is 5.82 Å². The number of anilines is 1. The van der Waals surface area contributed by atoms with Crippen molar-refractivity contribution >= 4 is 23.3 Å². The summed E-state index contributed by atoms with van der Waals surface area (Å²) in [5, 5.41) is 7.37. The minimum absolute atomic E-state index is 0.374. The zero-order chi connectivity index (χ0) is 15.2. The van der Waals surface area contributed by atoms with Crippen LogP contribution in [0.2, 0.25) is 0 Å². The molecule has 0 saturated carbocycles. The van der Waals surface area contributed by atoms with Gasteiger partial charge in [0.15, 0.2) is 5.75 Å². The van der Waals surface area contributed by atoms with Crippen molar-refractivity contribution in [3.63, 3.8) is 0 Å². The Morgan fingerprint density at radius 2 is 2.14 bits per heavy atom. The quantitative estimate of drug-likeness (QED) is 0.634. The average molecular weight is 285 g/mol. The highest BCUT2D eigenvalue weighted by Crippen LogP contribution is 2.33. The minimum Gasteiger partial charge on any atom is -0.455 e. The van der Waals surface area contributed by atoms with E-state index in [4.69, 9.17) is 15.9 Å². The lowest BCUT2D eigenvalue weighted by Crippen LogP contribution is -1.91. The highest BCUT2D eigenvalue weighted by Gasteiger charge is 2.05. The molecule has 0 aliphatic rings. The van der Waals surface area contributed by atoms with E-state index in [1.165, 1.54) is 12.1 Å². The summed E-state index contributed by atoms with van der Waals surface area (Å²) in [4.78, 5) is 4.27. The first-order chi connectivity index (χ1) is 10.0. The van der Waals surface area contributed by atoms with Crippen molar-refractivity contribution in [3.05, 3.63) is 48.3 Å². The third-order valence-corrected chi connectivity index (χ3v) is 2.64. The molecule has 0 amide bonds. The SMILES string of the molecule is CC(=N)CC=Nc1ccc(N)cc1Oc1cccc(F)c1. The third-order valence-electron chi connectivity index (χ3n) is 2.64. The fourth-order valence-electron chi connectivity index (χ4n) is 1.66. The number of ether oxygens (including phenoxy) is 1. The lowest BCUT2D eigenvalue weighted by atomic mass is 10.2. The summed E-state index contributed by atoms with van der Waals surface area (Å²) in [5.41, 5.74) is 7.37. The van der Waals surface area contributed by atoms with Crippen LogP contribution in [0.3, 0.4) is 0 Å². The van der Waals surface area contributed by atoms with Crippen molar-refractivity contribution in [2.24, 2.45) is 4.99 Å². The van der Waals surface area contributed by atoms with E-state index in [0.29, 0.717) is 35.0 Å². The maximum atomic E-state index is 13.2. The number of aliphatic imine (C=N–C) groups is 1. The first-order valence-corrected chi connectivity index (χ1v) is 6.44. The number of nitrogens with two attached hydrogens (primary N) is 1. The van der Waals surface area contributed by atoms with Gasteiger partial charge >= 0.3 is 0 Å². The summed E-state index contributed by atoms with van der Waals surface area (Å²) in [5.74, 6) is 0.445. The highest BCUT2D eigenvalue weighted by atomic mass is 19.1. The van der Waals surface area contributed by atoms with Gasteiger partial charge in [-0.2, -0.15) is 0 Å². The first kappa shape index (κ1) is 14.7. The van der Waals surface area contributed by atoms with Gasteiger partial charge in [0.1, 0.15) is 17.3 Å². The Labute approximate surface area is 122 Å². The molecule has 0 spiro atoms. The van der Waals surface area contributed by atoms with Crippen molar-refractivity contribution in [3.8, 4) is 11.5 Å². The molecule has 0 fully saturated rings. The smallest absolute Gasteiger partial charge is 0.155 e. The standard InChI is InChI=1S/C16H16FN3O/c1-11(18)7-8-20-15-6-5-13(19)10-16(15)21-14-4-2-3-12(17)9-14/h2-6,8-10,18H,7,19H2,1H3. The van der Waals surface area contributed by atoms with Crippen molar-refractivity contribution in [2.45, 2.75) is 13.3 Å². The summed E-state index contributed by atoms with van der Waals surface area (Å²) in [7, 11) is 0. The van der Waals surface area contributed by atoms with E-state index in [2.05, 4.69) is 4.99 Å². The summed E-state index contributed by atoms with van der Waals surface area (Å²) in [6.07, 6.45) is 2.09. The van der Waals surface area contributed by atoms with E-state index in [0.717, 1.165) is 0 Å². The molecular formula is C16H16FN3O. The topological polar surface area (TPSA) is 71.5 Å². The fourth-order valence-corrected chi connectivity index (χ4v) is 1.66. The van der Waals surface area contributed by atoms with E-state index in [1.54, 1.807) is 43.5 Å². The second kappa shape index (κ2) is 6.65. The van der Waals surface area contributed by atoms with Crippen LogP contribution in [0.1, 0.15) is 13.3 Å². The van der Waals surface area contributed by atoms with Gasteiger partial charge in [-0.3, -0.25) is 4.99 Å². The third kappa shape index (κ3) is 4.42. The number of nitrogens with zero attached hydrogens (tertiary/aromatic N) is 1. The van der Waals surface area contributed by atoms with Crippen molar-refractivity contribution in [1.82, 2.24) is 0 Å². The van der Waals surface area contributed by atoms with Crippen LogP contribution in [0.5, 0.6) is 11.5 Å². The van der Waals surface area contributed by atoms with Gasteiger partial charge in [0.25, 0.3) is 0 Å². The van der Waals surface area contributed by atoms with Crippen LogP contribution >= 0.6 is 0 Å². The average Bonchev–Trinajstić information content (AvgIpc) is 2.41. The van der Waals surface area contributed by atoms with E-state index < -0.39 is 0 Å². The van der Waals surface area contributed by atoms with Crippen molar-refractivity contribution in [2.75, 3.05) is 5.73 Å². The number of nitrogen functional groups attached to an aromatic ring is 1. The molecular weight excluding hydrogens is 269 g/mol. The molecule has 0 radical (unpaired) electrons. The van der Waals surface area contributed by atoms with E-state index in [9.17, 15) is 4.39 Å². The lowest BCUT2D eigenvalue weighted by Gasteiger charge is -2.09. The van der Waals surface area contributed by atoms with E-state index >= 15 is 0 Å². The Bertz CT molecular complexity index is 683. The van der Waals surface area contributed by atoms with Crippen molar-refractivity contribution < 1.29 is 9.13 Å². The molecule has 0 saturated heterocycles. The number of rotatable bonds is 5. The van der Waals surface area contributed by atoms with Crippen LogP contribution < -0.4 is 10.5 Å². The zero-order valence-electron chi connectivity index (χ0n) is 11.6. The molecule has 0 unspecified atom stereocenters. The molecule has 0 aromatic heterocycles. The first-order valence-electron chi connectivity index (χ1n) is 6.44. The monoisotopic (exact) mass is 285 g/mol. The number of hydrogen-bond donors (Lipinski definition) is 2. The number of benzene rings is 2. The molecule has 108 valence electrons. The Morgan fingerprint density at radius 1 is 1.33 bits per heavy atom. The second-order valence-electron chi connectivity index (χ2n) is 4.58. The predicted octanol–water partition coefficient (Wildman–Crippen LogP) is 4.33. The zero-order valence-corrected chi connectivity index (χ0v) is 11.6. The van der Waals surface area contributed by atoms with Crippen LogP contribution in [-0.4, -0.2) is 11.9 Å². The summed E-state index contributed by atoms with van der Waals surface area (Å²) >= 11 is 0. The van der Waals surface area contributed by atoms with Gasteiger partial charge in [-0.15, -0.1) is 0 Å². The van der Waals surface area contributed by atoms with Gasteiger partial charge < -0.3 is 15.9 Å². The van der Waals surface area contributed by atoms with E-state index in [1.807, 2.05) is 0 Å². The van der Waals surface area contributed by atoms with Gasteiger partial charge in [-0.05, 0) is 31.2 Å². The van der Waals surface area contributed by atoms with Gasteiger partial charge in [-0.1, -0.05) is 6.07 Å². The number of hydrogen-bond acceptors (Lipinski definition) is 4. The minimum atomic E-state index is -0.374.